The lowest BCUT2D eigenvalue weighted by Gasteiger charge is -2.25. The first-order valence-corrected chi connectivity index (χ1v) is 10.7. The van der Waals surface area contributed by atoms with Crippen LogP contribution in [0.25, 0.3) is 11.1 Å². The number of carbonyl (C=O) groups is 2. The number of carboxylic acids is 1. The smallest absolute Gasteiger partial charge is 0.410 e. The van der Waals surface area contributed by atoms with Gasteiger partial charge in [0.25, 0.3) is 0 Å². The number of carboxylic acid groups (broad SMARTS) is 1. The van der Waals surface area contributed by atoms with E-state index in [0.29, 0.717) is 13.0 Å². The summed E-state index contributed by atoms with van der Waals surface area (Å²) in [6.07, 6.45) is -0.306. The topological polar surface area (TPSA) is 76.1 Å². The zero-order valence-electron chi connectivity index (χ0n) is 18.2. The van der Waals surface area contributed by atoms with Crippen molar-refractivity contribution in [2.75, 3.05) is 13.2 Å². The number of benzene rings is 2. The predicted octanol–water partition coefficient (Wildman–Crippen LogP) is 4.67. The van der Waals surface area contributed by atoms with E-state index in [9.17, 15) is 14.7 Å². The molecule has 31 heavy (non-hydrogen) atoms. The van der Waals surface area contributed by atoms with Crippen molar-refractivity contribution < 1.29 is 24.2 Å². The molecule has 1 fully saturated rings. The normalized spacial score (nSPS) is 20.4. The number of aliphatic carboxylic acids is 1. The van der Waals surface area contributed by atoms with Gasteiger partial charge in [-0.2, -0.15) is 0 Å². The Morgan fingerprint density at radius 1 is 1.03 bits per heavy atom. The quantitative estimate of drug-likeness (QED) is 0.756. The maximum Gasteiger partial charge on any atom is 0.410 e. The standard InChI is InChI=1S/C25H29NO5/c1-25(2,3)31-17-12-16(13-23(27)28)26(14-17)24(29)30-15-22-20-10-6-4-8-18(20)19-9-5-7-11-21(19)22/h4-11,16-17,22H,12-15H2,1-3H3,(H,27,28)/t16-,17-/m1/s1. The molecule has 0 spiro atoms. The van der Waals surface area contributed by atoms with Crippen LogP contribution in [0.1, 0.15) is 50.7 Å². The summed E-state index contributed by atoms with van der Waals surface area (Å²) < 4.78 is 11.8. The van der Waals surface area contributed by atoms with Gasteiger partial charge >= 0.3 is 12.1 Å². The highest BCUT2D eigenvalue weighted by Gasteiger charge is 2.40. The average Bonchev–Trinajstić information content (AvgIpc) is 3.23. The van der Waals surface area contributed by atoms with Gasteiger partial charge in [-0.25, -0.2) is 4.79 Å². The third-order valence-corrected chi connectivity index (χ3v) is 5.88. The summed E-state index contributed by atoms with van der Waals surface area (Å²) in [6.45, 7) is 6.42. The first-order valence-electron chi connectivity index (χ1n) is 10.7. The van der Waals surface area contributed by atoms with E-state index in [-0.39, 0.29) is 30.7 Å². The molecule has 2 aliphatic rings. The van der Waals surface area contributed by atoms with Gasteiger partial charge in [0.1, 0.15) is 6.61 Å². The Labute approximate surface area is 182 Å². The fourth-order valence-corrected chi connectivity index (χ4v) is 4.75. The van der Waals surface area contributed by atoms with Gasteiger partial charge in [0.05, 0.1) is 24.7 Å². The SMILES string of the molecule is CC(C)(C)O[C@@H]1C[C@H](CC(=O)O)N(C(=O)OCC2c3ccccc3-c3ccccc32)C1. The van der Waals surface area contributed by atoms with E-state index in [1.807, 2.05) is 45.0 Å². The van der Waals surface area contributed by atoms with Crippen molar-refractivity contribution in [3.8, 4) is 11.1 Å². The Morgan fingerprint density at radius 3 is 2.16 bits per heavy atom. The van der Waals surface area contributed by atoms with Crippen molar-refractivity contribution in [1.29, 1.82) is 0 Å². The van der Waals surface area contributed by atoms with Crippen molar-refractivity contribution in [3.63, 3.8) is 0 Å². The van der Waals surface area contributed by atoms with Crippen molar-refractivity contribution in [2.45, 2.75) is 57.3 Å². The van der Waals surface area contributed by atoms with Gasteiger partial charge in [-0.15, -0.1) is 0 Å². The number of hydrogen-bond donors (Lipinski definition) is 1. The van der Waals surface area contributed by atoms with Gasteiger partial charge < -0.3 is 19.5 Å². The second-order valence-corrected chi connectivity index (χ2v) is 9.30. The van der Waals surface area contributed by atoms with Crippen LogP contribution < -0.4 is 0 Å². The number of likely N-dealkylation sites (tertiary alicyclic amines) is 1. The zero-order valence-corrected chi connectivity index (χ0v) is 18.2. The largest absolute Gasteiger partial charge is 0.481 e. The number of fused-ring (bicyclic) bond motifs is 3. The minimum atomic E-state index is -0.933. The number of ether oxygens (including phenoxy) is 2. The minimum Gasteiger partial charge on any atom is -0.481 e. The van der Waals surface area contributed by atoms with Crippen LogP contribution in [0.5, 0.6) is 0 Å². The van der Waals surface area contributed by atoms with Crippen molar-refractivity contribution in [2.24, 2.45) is 0 Å². The van der Waals surface area contributed by atoms with E-state index in [4.69, 9.17) is 9.47 Å². The van der Waals surface area contributed by atoms with Gasteiger partial charge in [-0.1, -0.05) is 48.5 Å². The second-order valence-electron chi connectivity index (χ2n) is 9.30. The molecule has 0 unspecified atom stereocenters. The molecule has 164 valence electrons. The molecule has 2 atom stereocenters. The summed E-state index contributed by atoms with van der Waals surface area (Å²) in [5.41, 5.74) is 4.27. The molecule has 0 saturated carbocycles. The van der Waals surface area contributed by atoms with Crippen LogP contribution in [0.3, 0.4) is 0 Å². The molecule has 2 aromatic carbocycles. The van der Waals surface area contributed by atoms with Gasteiger partial charge in [-0.3, -0.25) is 4.79 Å². The third kappa shape index (κ3) is 4.59. The molecule has 6 heteroatoms. The summed E-state index contributed by atoms with van der Waals surface area (Å²) in [6, 6.07) is 15.9. The first-order chi connectivity index (χ1) is 14.7. The molecular formula is C25H29NO5. The zero-order chi connectivity index (χ0) is 22.2. The highest BCUT2D eigenvalue weighted by molar-refractivity contribution is 5.79. The number of amides is 1. The number of rotatable bonds is 5. The van der Waals surface area contributed by atoms with Crippen LogP contribution in [0.4, 0.5) is 4.79 Å². The molecule has 1 amide bonds. The second kappa shape index (κ2) is 8.35. The van der Waals surface area contributed by atoms with Crippen molar-refractivity contribution in [3.05, 3.63) is 59.7 Å². The molecule has 6 nitrogen and oxygen atoms in total. The molecule has 1 aliphatic carbocycles. The minimum absolute atomic E-state index is 0.0292. The van der Waals surface area contributed by atoms with Gasteiger partial charge in [-0.05, 0) is 49.4 Å². The fraction of sp³-hybridized carbons (Fsp3) is 0.440. The predicted molar refractivity (Wildman–Crippen MR) is 117 cm³/mol. The summed E-state index contributed by atoms with van der Waals surface area (Å²) >= 11 is 0. The van der Waals surface area contributed by atoms with Crippen LogP contribution in [0.2, 0.25) is 0 Å². The van der Waals surface area contributed by atoms with E-state index in [0.717, 1.165) is 11.1 Å². The Kier molecular flexibility index (Phi) is 5.75. The van der Waals surface area contributed by atoms with E-state index in [1.165, 1.54) is 16.0 Å². The number of hydrogen-bond acceptors (Lipinski definition) is 4. The van der Waals surface area contributed by atoms with Crippen molar-refractivity contribution in [1.82, 2.24) is 4.90 Å². The molecule has 1 saturated heterocycles. The molecule has 1 heterocycles. The van der Waals surface area contributed by atoms with Crippen LogP contribution >= 0.6 is 0 Å². The molecule has 2 aromatic rings. The lowest BCUT2D eigenvalue weighted by atomic mass is 9.98. The van der Waals surface area contributed by atoms with Crippen LogP contribution in [0.15, 0.2) is 48.5 Å². The molecule has 1 aliphatic heterocycles. The van der Waals surface area contributed by atoms with E-state index >= 15 is 0 Å². The number of carbonyl (C=O) groups excluding carboxylic acids is 1. The lowest BCUT2D eigenvalue weighted by molar-refractivity contribution is -0.138. The molecule has 1 N–H and O–H groups in total. The highest BCUT2D eigenvalue weighted by Crippen LogP contribution is 2.44. The third-order valence-electron chi connectivity index (χ3n) is 5.88. The lowest BCUT2D eigenvalue weighted by Crippen LogP contribution is -2.38. The Morgan fingerprint density at radius 2 is 1.61 bits per heavy atom. The molecular weight excluding hydrogens is 394 g/mol. The first kappa shape index (κ1) is 21.4. The average molecular weight is 424 g/mol. The summed E-state index contributed by atoms with van der Waals surface area (Å²) in [5, 5.41) is 9.29. The Hall–Kier alpha value is -2.86. The highest BCUT2D eigenvalue weighted by atomic mass is 16.6. The van der Waals surface area contributed by atoms with E-state index < -0.39 is 18.1 Å². The van der Waals surface area contributed by atoms with E-state index in [1.54, 1.807) is 0 Å². The molecule has 0 bridgehead atoms. The fourth-order valence-electron chi connectivity index (χ4n) is 4.75. The van der Waals surface area contributed by atoms with Crippen LogP contribution in [-0.2, 0) is 14.3 Å². The van der Waals surface area contributed by atoms with Crippen LogP contribution in [-0.4, -0.2) is 53.0 Å². The monoisotopic (exact) mass is 423 g/mol. The maximum atomic E-state index is 13.0. The van der Waals surface area contributed by atoms with Gasteiger partial charge in [0.15, 0.2) is 0 Å². The van der Waals surface area contributed by atoms with Gasteiger partial charge in [0, 0.05) is 12.0 Å². The molecule has 4 rings (SSSR count). The molecule has 0 radical (unpaired) electrons. The van der Waals surface area contributed by atoms with Gasteiger partial charge in [0.2, 0.25) is 0 Å². The summed E-state index contributed by atoms with van der Waals surface area (Å²) in [7, 11) is 0. The Bertz CT molecular complexity index is 934. The summed E-state index contributed by atoms with van der Waals surface area (Å²) in [4.78, 5) is 25.8. The van der Waals surface area contributed by atoms with Crippen LogP contribution in [0, 0.1) is 0 Å². The number of nitrogens with zero attached hydrogens (tertiary/aromatic N) is 1. The van der Waals surface area contributed by atoms with E-state index in [2.05, 4.69) is 24.3 Å². The van der Waals surface area contributed by atoms with Crippen molar-refractivity contribution >= 4 is 12.1 Å². The Balaban J connectivity index is 1.48. The summed E-state index contributed by atoms with van der Waals surface area (Å²) in [5.74, 6) is -0.962. The molecule has 0 aromatic heterocycles. The maximum absolute atomic E-state index is 13.0.